The predicted octanol–water partition coefficient (Wildman–Crippen LogP) is 0.273. The van der Waals surface area contributed by atoms with E-state index in [1.165, 1.54) is 6.92 Å². The Hall–Kier alpha value is -0.780. The fourth-order valence-corrected chi connectivity index (χ4v) is 1.44. The Bertz CT molecular complexity index is 204. The number of carbonyl (C=O) groups is 1. The Labute approximate surface area is 73.7 Å². The van der Waals surface area contributed by atoms with Gasteiger partial charge in [-0.3, -0.25) is 4.79 Å². The third-order valence-corrected chi connectivity index (χ3v) is 2.02. The van der Waals surface area contributed by atoms with Crippen molar-refractivity contribution in [2.75, 3.05) is 13.1 Å². The van der Waals surface area contributed by atoms with Crippen molar-refractivity contribution in [3.8, 4) is 0 Å². The van der Waals surface area contributed by atoms with Crippen LogP contribution in [0.5, 0.6) is 0 Å². The van der Waals surface area contributed by atoms with Crippen LogP contribution in [0.15, 0.2) is 0 Å². The molecule has 2 atom stereocenters. The number of hydrogen-bond donors (Lipinski definition) is 2. The molecular formula is C7H11F3N2O. The average Bonchev–Trinajstić information content (AvgIpc) is 2.31. The molecular weight excluding hydrogens is 185 g/mol. The van der Waals surface area contributed by atoms with E-state index in [2.05, 4.69) is 10.6 Å². The first kappa shape index (κ1) is 10.3. The van der Waals surface area contributed by atoms with E-state index in [0.29, 0.717) is 0 Å². The first-order valence-electron chi connectivity index (χ1n) is 3.96. The largest absolute Gasteiger partial charge is 0.395 e. The van der Waals surface area contributed by atoms with E-state index in [0.717, 1.165) is 0 Å². The van der Waals surface area contributed by atoms with Crippen molar-refractivity contribution in [1.82, 2.24) is 10.6 Å². The summed E-state index contributed by atoms with van der Waals surface area (Å²) in [6.45, 7) is 1.28. The quantitative estimate of drug-likeness (QED) is 0.632. The van der Waals surface area contributed by atoms with Crippen LogP contribution < -0.4 is 10.6 Å². The number of amides is 1. The van der Waals surface area contributed by atoms with Gasteiger partial charge in [-0.2, -0.15) is 13.2 Å². The van der Waals surface area contributed by atoms with Crippen LogP contribution in [0, 0.1) is 5.92 Å². The maximum absolute atomic E-state index is 12.3. The molecule has 1 fully saturated rings. The Kier molecular flexibility index (Phi) is 2.80. The lowest BCUT2D eigenvalue weighted by molar-refractivity contribution is -0.174. The molecule has 0 aromatic carbocycles. The highest BCUT2D eigenvalue weighted by molar-refractivity contribution is 5.73. The van der Waals surface area contributed by atoms with Crippen molar-refractivity contribution in [3.63, 3.8) is 0 Å². The van der Waals surface area contributed by atoms with Gasteiger partial charge in [0.1, 0.15) is 0 Å². The predicted molar refractivity (Wildman–Crippen MR) is 40.0 cm³/mol. The smallest absolute Gasteiger partial charge is 0.352 e. The van der Waals surface area contributed by atoms with E-state index in [-0.39, 0.29) is 13.1 Å². The molecule has 1 aliphatic rings. The Balaban J connectivity index is 2.59. The second-order valence-corrected chi connectivity index (χ2v) is 3.11. The minimum absolute atomic E-state index is 0.117. The summed E-state index contributed by atoms with van der Waals surface area (Å²) in [6.07, 6.45) is -4.24. The third kappa shape index (κ3) is 2.58. The van der Waals surface area contributed by atoms with E-state index in [1.54, 1.807) is 0 Å². The molecule has 1 rings (SSSR count). The minimum atomic E-state index is -4.24. The highest BCUT2D eigenvalue weighted by Crippen LogP contribution is 2.30. The molecule has 6 heteroatoms. The Morgan fingerprint density at radius 1 is 1.46 bits per heavy atom. The van der Waals surface area contributed by atoms with Crippen molar-refractivity contribution >= 4 is 5.91 Å². The van der Waals surface area contributed by atoms with Crippen LogP contribution in [0.4, 0.5) is 13.2 Å². The summed E-state index contributed by atoms with van der Waals surface area (Å²) in [6, 6.07) is -0.822. The molecule has 0 radical (unpaired) electrons. The van der Waals surface area contributed by atoms with E-state index < -0.39 is 24.0 Å². The van der Waals surface area contributed by atoms with Gasteiger partial charge in [0.2, 0.25) is 5.91 Å². The van der Waals surface area contributed by atoms with E-state index >= 15 is 0 Å². The summed E-state index contributed by atoms with van der Waals surface area (Å²) >= 11 is 0. The summed E-state index contributed by atoms with van der Waals surface area (Å²) in [5.41, 5.74) is 0. The van der Waals surface area contributed by atoms with Gasteiger partial charge in [-0.1, -0.05) is 0 Å². The van der Waals surface area contributed by atoms with Crippen molar-refractivity contribution in [3.05, 3.63) is 0 Å². The maximum atomic E-state index is 12.3. The van der Waals surface area contributed by atoms with Gasteiger partial charge in [-0.25, -0.2) is 0 Å². The lowest BCUT2D eigenvalue weighted by Crippen LogP contribution is -2.44. The van der Waals surface area contributed by atoms with Gasteiger partial charge in [-0.05, 0) is 0 Å². The molecule has 2 unspecified atom stereocenters. The summed E-state index contributed by atoms with van der Waals surface area (Å²) in [7, 11) is 0. The Morgan fingerprint density at radius 3 is 2.54 bits per heavy atom. The lowest BCUT2D eigenvalue weighted by atomic mass is 10.0. The summed E-state index contributed by atoms with van der Waals surface area (Å²) in [5, 5.41) is 4.88. The topological polar surface area (TPSA) is 41.1 Å². The molecule has 2 N–H and O–H groups in total. The zero-order valence-corrected chi connectivity index (χ0v) is 7.11. The molecule has 13 heavy (non-hydrogen) atoms. The number of rotatable bonds is 1. The normalized spacial score (nSPS) is 28.9. The maximum Gasteiger partial charge on any atom is 0.395 e. The van der Waals surface area contributed by atoms with Gasteiger partial charge in [0.25, 0.3) is 0 Å². The standard InChI is InChI=1S/C7H11F3N2O/c1-4(13)12-6-3-11-2-5(6)7(8,9)10/h5-6,11H,2-3H2,1H3,(H,12,13). The third-order valence-electron chi connectivity index (χ3n) is 2.02. The van der Waals surface area contributed by atoms with Crippen LogP contribution in [-0.2, 0) is 4.79 Å². The van der Waals surface area contributed by atoms with Gasteiger partial charge in [0, 0.05) is 20.0 Å². The summed E-state index contributed by atoms with van der Waals surface area (Å²) < 4.78 is 36.8. The molecule has 76 valence electrons. The van der Waals surface area contributed by atoms with Crippen molar-refractivity contribution < 1.29 is 18.0 Å². The molecule has 0 spiro atoms. The summed E-state index contributed by atoms with van der Waals surface area (Å²) in [4.78, 5) is 10.6. The SMILES string of the molecule is CC(=O)NC1CNCC1C(F)(F)F. The van der Waals surface area contributed by atoms with Crippen molar-refractivity contribution in [2.24, 2.45) is 5.92 Å². The van der Waals surface area contributed by atoms with Crippen LogP contribution in [0.1, 0.15) is 6.92 Å². The Morgan fingerprint density at radius 2 is 2.08 bits per heavy atom. The zero-order valence-electron chi connectivity index (χ0n) is 7.11. The number of nitrogens with one attached hydrogen (secondary N) is 2. The van der Waals surface area contributed by atoms with E-state index in [4.69, 9.17) is 0 Å². The van der Waals surface area contributed by atoms with Gasteiger partial charge < -0.3 is 10.6 Å². The molecule has 0 aromatic rings. The van der Waals surface area contributed by atoms with Crippen molar-refractivity contribution in [1.29, 1.82) is 0 Å². The molecule has 0 bridgehead atoms. The highest BCUT2D eigenvalue weighted by Gasteiger charge is 2.47. The molecule has 1 aliphatic heterocycles. The number of alkyl halides is 3. The average molecular weight is 196 g/mol. The van der Waals surface area contributed by atoms with Crippen LogP contribution in [-0.4, -0.2) is 31.2 Å². The van der Waals surface area contributed by atoms with E-state index in [1.807, 2.05) is 0 Å². The minimum Gasteiger partial charge on any atom is -0.352 e. The molecule has 3 nitrogen and oxygen atoms in total. The first-order valence-corrected chi connectivity index (χ1v) is 3.96. The molecule has 1 saturated heterocycles. The van der Waals surface area contributed by atoms with Gasteiger partial charge in [0.15, 0.2) is 0 Å². The van der Waals surface area contributed by atoms with Gasteiger partial charge in [-0.15, -0.1) is 0 Å². The van der Waals surface area contributed by atoms with Crippen LogP contribution in [0.3, 0.4) is 0 Å². The second-order valence-electron chi connectivity index (χ2n) is 3.11. The van der Waals surface area contributed by atoms with Gasteiger partial charge >= 0.3 is 6.18 Å². The second kappa shape index (κ2) is 3.53. The zero-order chi connectivity index (χ0) is 10.1. The first-order chi connectivity index (χ1) is 5.91. The van der Waals surface area contributed by atoms with Crippen LogP contribution in [0.2, 0.25) is 0 Å². The highest BCUT2D eigenvalue weighted by atomic mass is 19.4. The van der Waals surface area contributed by atoms with Crippen LogP contribution >= 0.6 is 0 Å². The lowest BCUT2D eigenvalue weighted by Gasteiger charge is -2.21. The molecule has 1 amide bonds. The molecule has 1 heterocycles. The molecule has 0 saturated carbocycles. The van der Waals surface area contributed by atoms with Crippen molar-refractivity contribution in [2.45, 2.75) is 19.1 Å². The monoisotopic (exact) mass is 196 g/mol. The fourth-order valence-electron chi connectivity index (χ4n) is 1.44. The van der Waals surface area contributed by atoms with Gasteiger partial charge in [0.05, 0.1) is 12.0 Å². The number of hydrogen-bond acceptors (Lipinski definition) is 2. The van der Waals surface area contributed by atoms with E-state index in [9.17, 15) is 18.0 Å². The molecule has 0 aromatic heterocycles. The summed E-state index contributed by atoms with van der Waals surface area (Å²) in [5.74, 6) is -1.89. The van der Waals surface area contributed by atoms with Crippen LogP contribution in [0.25, 0.3) is 0 Å². The number of carbonyl (C=O) groups excluding carboxylic acids is 1. The fraction of sp³-hybridized carbons (Fsp3) is 0.857. The number of halogens is 3. The molecule has 0 aliphatic carbocycles.